The number of nitrogens with zero attached hydrogens (tertiary/aromatic N) is 3. The Morgan fingerprint density at radius 1 is 1.26 bits per heavy atom. The first-order chi connectivity index (χ1) is 11.2. The van der Waals surface area contributed by atoms with Crippen LogP contribution in [-0.2, 0) is 16.0 Å². The minimum atomic E-state index is 0.384. The van der Waals surface area contributed by atoms with Gasteiger partial charge in [0.15, 0.2) is 0 Å². The molecule has 1 aromatic rings. The number of fused-ring (bicyclic) bond motifs is 1. The number of hydrogen-bond acceptors (Lipinski definition) is 5. The van der Waals surface area contributed by atoms with Gasteiger partial charge >= 0.3 is 0 Å². The Bertz CT molecular complexity index is 511. The zero-order valence-electron chi connectivity index (χ0n) is 14.6. The lowest BCUT2D eigenvalue weighted by Crippen LogP contribution is -2.50. The Hall–Kier alpha value is -1.01. The fourth-order valence-corrected chi connectivity index (χ4v) is 4.11. The molecule has 0 saturated carbocycles. The Morgan fingerprint density at radius 3 is 2.87 bits per heavy atom. The molecule has 0 unspecified atom stereocenters. The minimum absolute atomic E-state index is 0.384. The molecule has 23 heavy (non-hydrogen) atoms. The van der Waals surface area contributed by atoms with Crippen molar-refractivity contribution in [1.82, 2.24) is 14.8 Å². The van der Waals surface area contributed by atoms with Gasteiger partial charge in [-0.15, -0.1) is 0 Å². The largest absolute Gasteiger partial charge is 0.383 e. The number of ether oxygens (including phenoxy) is 2. The maximum absolute atomic E-state index is 5.78. The van der Waals surface area contributed by atoms with E-state index in [0.29, 0.717) is 18.1 Å². The molecule has 0 N–H and O–H groups in total. The van der Waals surface area contributed by atoms with E-state index in [0.717, 1.165) is 51.4 Å². The molecule has 2 fully saturated rings. The molecule has 3 atom stereocenters. The molecule has 3 rings (SSSR count). The second-order valence-electron chi connectivity index (χ2n) is 6.79. The van der Waals surface area contributed by atoms with Crippen molar-refractivity contribution >= 4 is 0 Å². The number of pyridine rings is 1. The van der Waals surface area contributed by atoms with Crippen molar-refractivity contribution in [3.05, 3.63) is 29.6 Å². The molecule has 0 amide bonds. The molecule has 2 aliphatic heterocycles. The van der Waals surface area contributed by atoms with Crippen molar-refractivity contribution < 1.29 is 9.47 Å². The van der Waals surface area contributed by atoms with Gasteiger partial charge in [-0.05, 0) is 25.5 Å². The fourth-order valence-electron chi connectivity index (χ4n) is 4.11. The van der Waals surface area contributed by atoms with Crippen LogP contribution >= 0.6 is 0 Å². The third-order valence-electron chi connectivity index (χ3n) is 5.28. The molecule has 1 aromatic heterocycles. The van der Waals surface area contributed by atoms with Crippen LogP contribution in [0.25, 0.3) is 0 Å². The highest BCUT2D eigenvalue weighted by Gasteiger charge is 2.44. The summed E-state index contributed by atoms with van der Waals surface area (Å²) in [6.45, 7) is 8.13. The second-order valence-corrected chi connectivity index (χ2v) is 6.79. The summed E-state index contributed by atoms with van der Waals surface area (Å²) >= 11 is 0. The summed E-state index contributed by atoms with van der Waals surface area (Å²) in [4.78, 5) is 9.81. The van der Waals surface area contributed by atoms with E-state index in [1.54, 1.807) is 7.11 Å². The number of methoxy groups -OCH3 is 2. The van der Waals surface area contributed by atoms with Crippen molar-refractivity contribution in [3.63, 3.8) is 0 Å². The predicted molar refractivity (Wildman–Crippen MR) is 90.4 cm³/mol. The summed E-state index contributed by atoms with van der Waals surface area (Å²) in [5.41, 5.74) is 2.27. The maximum atomic E-state index is 5.78. The van der Waals surface area contributed by atoms with Crippen LogP contribution in [-0.4, -0.2) is 73.9 Å². The molecule has 2 aliphatic rings. The van der Waals surface area contributed by atoms with Crippen LogP contribution in [0.3, 0.4) is 0 Å². The number of likely N-dealkylation sites (tertiary alicyclic amines) is 2. The third kappa shape index (κ3) is 3.91. The van der Waals surface area contributed by atoms with Gasteiger partial charge in [0.05, 0.1) is 18.4 Å². The molecular formula is C18H29N3O2. The van der Waals surface area contributed by atoms with Gasteiger partial charge in [-0.25, -0.2) is 0 Å². The summed E-state index contributed by atoms with van der Waals surface area (Å²) in [6, 6.07) is 6.87. The molecular weight excluding hydrogens is 290 g/mol. The zero-order chi connectivity index (χ0) is 16.2. The quantitative estimate of drug-likeness (QED) is 0.795. The Balaban J connectivity index is 1.69. The number of rotatable bonds is 6. The maximum Gasteiger partial charge on any atom is 0.0639 e. The molecule has 0 spiro atoms. The number of piperidine rings is 1. The number of aromatic nitrogens is 1. The molecule has 0 bridgehead atoms. The van der Waals surface area contributed by atoms with Gasteiger partial charge in [0.2, 0.25) is 0 Å². The average Bonchev–Trinajstić information content (AvgIpc) is 2.98. The van der Waals surface area contributed by atoms with Gasteiger partial charge in [0, 0.05) is 64.6 Å². The molecule has 128 valence electrons. The summed E-state index contributed by atoms with van der Waals surface area (Å²) in [6.07, 6.45) is 1.50. The van der Waals surface area contributed by atoms with E-state index in [4.69, 9.17) is 9.47 Å². The van der Waals surface area contributed by atoms with Gasteiger partial charge in [-0.2, -0.15) is 0 Å². The fraction of sp³-hybridized carbons (Fsp3) is 0.722. The number of hydrogen-bond donors (Lipinski definition) is 0. The smallest absolute Gasteiger partial charge is 0.0639 e. The van der Waals surface area contributed by atoms with Gasteiger partial charge < -0.3 is 9.47 Å². The van der Waals surface area contributed by atoms with E-state index in [9.17, 15) is 0 Å². The molecule has 0 aromatic carbocycles. The van der Waals surface area contributed by atoms with Crippen LogP contribution in [0, 0.1) is 12.8 Å². The summed E-state index contributed by atoms with van der Waals surface area (Å²) in [5, 5.41) is 0. The van der Waals surface area contributed by atoms with Crippen molar-refractivity contribution in [1.29, 1.82) is 0 Å². The summed E-state index contributed by atoms with van der Waals surface area (Å²) in [5.74, 6) is 0.593. The van der Waals surface area contributed by atoms with Crippen LogP contribution in [0.5, 0.6) is 0 Å². The summed E-state index contributed by atoms with van der Waals surface area (Å²) < 4.78 is 11.0. The van der Waals surface area contributed by atoms with Crippen LogP contribution in [0.4, 0.5) is 0 Å². The third-order valence-corrected chi connectivity index (χ3v) is 5.28. The van der Waals surface area contributed by atoms with E-state index < -0.39 is 0 Å². The second kappa shape index (κ2) is 7.71. The monoisotopic (exact) mass is 319 g/mol. The summed E-state index contributed by atoms with van der Waals surface area (Å²) in [7, 11) is 3.63. The first-order valence-corrected chi connectivity index (χ1v) is 8.62. The lowest BCUT2D eigenvalue weighted by atomic mass is 9.89. The van der Waals surface area contributed by atoms with Gasteiger partial charge in [-0.3, -0.25) is 14.8 Å². The average molecular weight is 319 g/mol. The van der Waals surface area contributed by atoms with Crippen molar-refractivity contribution in [2.75, 3.05) is 47.0 Å². The molecule has 0 radical (unpaired) electrons. The van der Waals surface area contributed by atoms with E-state index >= 15 is 0 Å². The SMILES string of the molecule is COCCN1C[C@H]2[C@H](OC)CCN(Cc3cccc(C)n3)[C@H]2C1. The zero-order valence-corrected chi connectivity index (χ0v) is 14.6. The standard InChI is InChI=1S/C18H29N3O2/c1-14-5-4-6-15(19-14)11-21-8-7-18(23-3)16-12-20(9-10-22-2)13-17(16)21/h4-6,16-18H,7-13H2,1-3H3/t16-,17+,18-/m1/s1. The lowest BCUT2D eigenvalue weighted by Gasteiger charge is -2.41. The van der Waals surface area contributed by atoms with Crippen molar-refractivity contribution in [3.8, 4) is 0 Å². The van der Waals surface area contributed by atoms with E-state index in [2.05, 4.69) is 39.9 Å². The van der Waals surface area contributed by atoms with Gasteiger partial charge in [-0.1, -0.05) is 6.07 Å². The highest BCUT2D eigenvalue weighted by Crippen LogP contribution is 2.33. The van der Waals surface area contributed by atoms with Crippen molar-refractivity contribution in [2.24, 2.45) is 5.92 Å². The lowest BCUT2D eigenvalue weighted by molar-refractivity contribution is -0.0248. The molecule has 0 aliphatic carbocycles. The van der Waals surface area contributed by atoms with E-state index in [1.165, 1.54) is 5.69 Å². The first kappa shape index (κ1) is 16.8. The molecule has 5 heteroatoms. The van der Waals surface area contributed by atoms with Crippen LogP contribution in [0.2, 0.25) is 0 Å². The Labute approximate surface area is 139 Å². The minimum Gasteiger partial charge on any atom is -0.383 e. The normalized spacial score (nSPS) is 28.9. The Morgan fingerprint density at radius 2 is 2.13 bits per heavy atom. The number of aryl methyl sites for hydroxylation is 1. The van der Waals surface area contributed by atoms with E-state index in [1.807, 2.05) is 7.11 Å². The van der Waals surface area contributed by atoms with Gasteiger partial charge in [0.1, 0.15) is 0 Å². The highest BCUT2D eigenvalue weighted by atomic mass is 16.5. The van der Waals surface area contributed by atoms with Crippen LogP contribution < -0.4 is 0 Å². The highest BCUT2D eigenvalue weighted by molar-refractivity contribution is 5.11. The topological polar surface area (TPSA) is 37.8 Å². The van der Waals surface area contributed by atoms with Crippen LogP contribution in [0.1, 0.15) is 17.8 Å². The van der Waals surface area contributed by atoms with Gasteiger partial charge in [0.25, 0.3) is 0 Å². The van der Waals surface area contributed by atoms with Crippen LogP contribution in [0.15, 0.2) is 18.2 Å². The first-order valence-electron chi connectivity index (χ1n) is 8.62. The predicted octanol–water partition coefficient (Wildman–Crippen LogP) is 1.56. The van der Waals surface area contributed by atoms with Crippen molar-refractivity contribution in [2.45, 2.75) is 32.0 Å². The molecule has 2 saturated heterocycles. The Kier molecular flexibility index (Phi) is 5.64. The van der Waals surface area contributed by atoms with E-state index in [-0.39, 0.29) is 0 Å². The molecule has 5 nitrogen and oxygen atoms in total. The molecule has 3 heterocycles.